The molecule has 0 saturated carbocycles. The molecule has 0 heterocycles. The van der Waals surface area contributed by atoms with E-state index in [1.807, 2.05) is 0 Å². The SMILES string of the molecule is CC(C)Cc1cc2c(-c3ccccc3)c(CC(C)C)ccc2[cH-]1.CC(C)Cc1cc2c(-c3ccccc3)c(CC(C)C)ccc2[cH-]1.C[Si]C.[Cl][Zr+2][Cl]. The third kappa shape index (κ3) is 13.6. The van der Waals surface area contributed by atoms with Crippen LogP contribution >= 0.6 is 17.0 Å². The summed E-state index contributed by atoms with van der Waals surface area (Å²) in [5.74, 6) is 2.73. The molecule has 0 bridgehead atoms. The Labute approximate surface area is 338 Å². The molecule has 2 radical (unpaired) electrons. The summed E-state index contributed by atoms with van der Waals surface area (Å²) in [5.41, 5.74) is 11.4. The molecule has 0 aliphatic rings. The fourth-order valence-electron chi connectivity index (χ4n) is 7.07. The number of fused-ring (bicyclic) bond motifs is 2. The normalized spacial score (nSPS) is 10.9. The van der Waals surface area contributed by atoms with Crippen LogP contribution in [-0.4, -0.2) is 9.52 Å². The van der Waals surface area contributed by atoms with Crippen LogP contribution in [0.25, 0.3) is 43.8 Å². The molecule has 6 rings (SSSR count). The van der Waals surface area contributed by atoms with Crippen LogP contribution in [0.4, 0.5) is 0 Å². The molecule has 0 unspecified atom stereocenters. The second kappa shape index (κ2) is 22.9. The zero-order valence-corrected chi connectivity index (χ0v) is 38.3. The Kier molecular flexibility index (Phi) is 19.4. The molecule has 4 heteroatoms. The van der Waals surface area contributed by atoms with Gasteiger partial charge in [0.25, 0.3) is 0 Å². The molecular weight excluding hydrogens is 767 g/mol. The maximum atomic E-state index is 4.93. The van der Waals surface area contributed by atoms with E-state index in [1.54, 1.807) is 0 Å². The fourth-order valence-corrected chi connectivity index (χ4v) is 7.07. The van der Waals surface area contributed by atoms with Gasteiger partial charge in [0.15, 0.2) is 0 Å². The average molecular weight is 827 g/mol. The Balaban J connectivity index is 0.000000244. The van der Waals surface area contributed by atoms with Gasteiger partial charge in [-0.3, -0.25) is 0 Å². The maximum absolute atomic E-state index is 4.93. The van der Waals surface area contributed by atoms with E-state index in [-0.39, 0.29) is 0 Å². The van der Waals surface area contributed by atoms with E-state index in [0.29, 0.717) is 23.7 Å². The second-order valence-corrected chi connectivity index (χ2v) is 20.4. The summed E-state index contributed by atoms with van der Waals surface area (Å²) in [7, 11) is 11.0. The number of halogens is 2. The first-order valence-electron chi connectivity index (χ1n) is 19.0. The third-order valence-corrected chi connectivity index (χ3v) is 8.74. The van der Waals surface area contributed by atoms with Gasteiger partial charge >= 0.3 is 37.9 Å². The zero-order valence-electron chi connectivity index (χ0n) is 33.3. The number of rotatable bonds is 10. The van der Waals surface area contributed by atoms with E-state index in [9.17, 15) is 0 Å². The van der Waals surface area contributed by atoms with E-state index in [1.165, 1.54) is 66.1 Å². The summed E-state index contributed by atoms with van der Waals surface area (Å²) in [6, 6.07) is 40.6. The molecule has 0 saturated heterocycles. The van der Waals surface area contributed by atoms with Crippen molar-refractivity contribution < 1.29 is 20.8 Å². The average Bonchev–Trinajstić information content (AvgIpc) is 3.68. The van der Waals surface area contributed by atoms with Gasteiger partial charge in [-0.25, -0.2) is 0 Å². The van der Waals surface area contributed by atoms with E-state index >= 15 is 0 Å². The summed E-state index contributed by atoms with van der Waals surface area (Å²) >= 11 is -0.826. The summed E-state index contributed by atoms with van der Waals surface area (Å²) in [6.07, 6.45) is 4.57. The van der Waals surface area contributed by atoms with Gasteiger partial charge in [-0.1, -0.05) is 151 Å². The quantitative estimate of drug-likeness (QED) is 0.0953. The van der Waals surface area contributed by atoms with E-state index in [4.69, 9.17) is 17.0 Å². The first-order chi connectivity index (χ1) is 24.9. The summed E-state index contributed by atoms with van der Waals surface area (Å²) in [4.78, 5) is 0. The van der Waals surface area contributed by atoms with Gasteiger partial charge in [0, 0.05) is 9.52 Å². The second-order valence-electron chi connectivity index (χ2n) is 15.6. The molecule has 6 aromatic rings. The Morgan fingerprint density at radius 1 is 0.500 bits per heavy atom. The Hall–Kier alpha value is -2.22. The van der Waals surface area contributed by atoms with Crippen LogP contribution < -0.4 is 0 Å². The van der Waals surface area contributed by atoms with Crippen LogP contribution in [0, 0.1) is 23.7 Å². The summed E-state index contributed by atoms with van der Waals surface area (Å²) < 4.78 is 0. The van der Waals surface area contributed by atoms with Crippen LogP contribution in [-0.2, 0) is 46.5 Å². The van der Waals surface area contributed by atoms with Crippen molar-refractivity contribution in [3.8, 4) is 22.3 Å². The molecule has 0 fully saturated rings. The van der Waals surface area contributed by atoms with E-state index < -0.39 is 20.8 Å². The van der Waals surface area contributed by atoms with Gasteiger partial charge in [-0.2, -0.15) is 12.1 Å². The fraction of sp³-hybridized carbons (Fsp3) is 0.375. The van der Waals surface area contributed by atoms with Crippen LogP contribution in [0.15, 0.2) is 109 Å². The first kappa shape index (κ1) is 44.2. The molecule has 0 N–H and O–H groups in total. The van der Waals surface area contributed by atoms with Crippen molar-refractivity contribution in [3.05, 3.63) is 131 Å². The van der Waals surface area contributed by atoms with Crippen molar-refractivity contribution in [2.24, 2.45) is 23.7 Å². The zero-order chi connectivity index (χ0) is 38.2. The molecule has 0 aliphatic heterocycles. The Morgan fingerprint density at radius 2 is 0.808 bits per heavy atom. The molecule has 52 heavy (non-hydrogen) atoms. The van der Waals surface area contributed by atoms with Crippen molar-refractivity contribution in [1.29, 1.82) is 0 Å². The van der Waals surface area contributed by atoms with Crippen LogP contribution in [0.5, 0.6) is 0 Å². The van der Waals surface area contributed by atoms with Gasteiger partial charge in [0.2, 0.25) is 0 Å². The Bertz CT molecular complexity index is 1740. The standard InChI is InChI=1S/2C23H27.C2H6Si.2ClH.Zr/c2*1-16(2)12-18-14-20-10-11-21(13-17(3)4)23(22(20)15-18)19-8-6-5-7-9-19;1-3-2;;;/h2*5-11,14-17H,12-13H2,1-4H3;1-2H3;2*1H;/q2*-1;;;;+4/p-2. The van der Waals surface area contributed by atoms with Crippen LogP contribution in [0.3, 0.4) is 0 Å². The van der Waals surface area contributed by atoms with E-state index in [0.717, 1.165) is 35.2 Å². The number of benzene rings is 4. The van der Waals surface area contributed by atoms with Crippen molar-refractivity contribution in [1.82, 2.24) is 0 Å². The molecule has 0 amide bonds. The topological polar surface area (TPSA) is 0 Å². The van der Waals surface area contributed by atoms with Crippen molar-refractivity contribution in [3.63, 3.8) is 0 Å². The third-order valence-electron chi connectivity index (χ3n) is 8.74. The molecule has 0 atom stereocenters. The predicted molar refractivity (Wildman–Crippen MR) is 233 cm³/mol. The summed E-state index contributed by atoms with van der Waals surface area (Å²) in [5, 5.41) is 5.61. The number of hydrogen-bond donors (Lipinski definition) is 0. The first-order valence-corrected chi connectivity index (χ1v) is 27.3. The monoisotopic (exact) mass is 824 g/mol. The number of hydrogen-bond acceptors (Lipinski definition) is 0. The van der Waals surface area contributed by atoms with Gasteiger partial charge in [-0.05, 0) is 60.5 Å². The van der Waals surface area contributed by atoms with Crippen molar-refractivity contribution in [2.45, 2.75) is 94.2 Å². The van der Waals surface area contributed by atoms with Crippen molar-refractivity contribution in [2.75, 3.05) is 0 Å². The van der Waals surface area contributed by atoms with Gasteiger partial charge in [0.1, 0.15) is 0 Å². The minimum atomic E-state index is -0.826. The van der Waals surface area contributed by atoms with Crippen molar-refractivity contribution >= 4 is 48.1 Å². The molecule has 0 aromatic heterocycles. The molecule has 0 spiro atoms. The van der Waals surface area contributed by atoms with Gasteiger partial charge in [0.05, 0.1) is 0 Å². The van der Waals surface area contributed by atoms with Gasteiger partial charge in [-0.15, -0.1) is 69.1 Å². The van der Waals surface area contributed by atoms with Crippen LogP contribution in [0.1, 0.15) is 77.6 Å². The van der Waals surface area contributed by atoms with Crippen LogP contribution in [0.2, 0.25) is 13.1 Å². The van der Waals surface area contributed by atoms with E-state index in [2.05, 4.69) is 178 Å². The molecule has 0 nitrogen and oxygen atoms in total. The molecule has 274 valence electrons. The minimum absolute atomic E-state index is 0.667. The Morgan fingerprint density at radius 3 is 1.10 bits per heavy atom. The molecule has 6 aromatic carbocycles. The predicted octanol–water partition coefficient (Wildman–Crippen LogP) is 15.4. The molecular formula is C48H60Cl2SiZr. The van der Waals surface area contributed by atoms with Gasteiger partial charge < -0.3 is 0 Å². The molecule has 0 aliphatic carbocycles. The summed E-state index contributed by atoms with van der Waals surface area (Å²) in [6.45, 7) is 22.7.